The molecule has 4 heteroatoms. The van der Waals surface area contributed by atoms with Gasteiger partial charge in [-0.25, -0.2) is 0 Å². The third-order valence-corrected chi connectivity index (χ3v) is 4.02. The van der Waals surface area contributed by atoms with Gasteiger partial charge in [-0.3, -0.25) is 4.79 Å². The Hall–Kier alpha value is -2.26. The van der Waals surface area contributed by atoms with Gasteiger partial charge in [-0.05, 0) is 42.3 Å². The number of benzene rings is 2. The zero-order chi connectivity index (χ0) is 15.9. The topological polar surface area (TPSA) is 39.4 Å². The van der Waals surface area contributed by atoms with Crippen LogP contribution in [0.1, 0.15) is 23.0 Å². The molecule has 3 aromatic rings. The third kappa shape index (κ3) is 2.28. The lowest BCUT2D eigenvalue weighted by atomic mass is 9.97. The highest BCUT2D eigenvalue weighted by Gasteiger charge is 2.18. The summed E-state index contributed by atoms with van der Waals surface area (Å²) >= 11 is 6.38. The van der Waals surface area contributed by atoms with Gasteiger partial charge in [0.05, 0.1) is 7.11 Å². The van der Waals surface area contributed by atoms with E-state index in [-0.39, 0.29) is 5.78 Å². The molecule has 22 heavy (non-hydrogen) atoms. The van der Waals surface area contributed by atoms with E-state index >= 15 is 0 Å². The summed E-state index contributed by atoms with van der Waals surface area (Å²) in [6.45, 7) is 3.48. The van der Waals surface area contributed by atoms with Gasteiger partial charge >= 0.3 is 0 Å². The summed E-state index contributed by atoms with van der Waals surface area (Å²) in [4.78, 5) is 11.6. The SMILES string of the molecule is COc1ccc(-c2c(C)cccc2Cl)c2cc(C(C)=O)oc12. The van der Waals surface area contributed by atoms with E-state index in [1.165, 1.54) is 6.92 Å². The van der Waals surface area contributed by atoms with Crippen molar-refractivity contribution in [2.24, 2.45) is 0 Å². The van der Waals surface area contributed by atoms with E-state index in [9.17, 15) is 4.79 Å². The first kappa shape index (κ1) is 14.7. The van der Waals surface area contributed by atoms with Gasteiger partial charge in [-0.15, -0.1) is 0 Å². The Labute approximate surface area is 133 Å². The van der Waals surface area contributed by atoms with E-state index in [2.05, 4.69) is 0 Å². The van der Waals surface area contributed by atoms with Crippen LogP contribution in [0.4, 0.5) is 0 Å². The van der Waals surface area contributed by atoms with Gasteiger partial charge in [-0.2, -0.15) is 0 Å². The lowest BCUT2D eigenvalue weighted by Crippen LogP contribution is -1.88. The van der Waals surface area contributed by atoms with Gasteiger partial charge in [0.15, 0.2) is 22.9 Å². The number of aryl methyl sites for hydroxylation is 1. The summed E-state index contributed by atoms with van der Waals surface area (Å²) in [6, 6.07) is 11.3. The van der Waals surface area contributed by atoms with Crippen molar-refractivity contribution in [2.45, 2.75) is 13.8 Å². The Morgan fingerprint density at radius 3 is 2.64 bits per heavy atom. The molecule has 0 aliphatic carbocycles. The van der Waals surface area contributed by atoms with Crippen LogP contribution in [0, 0.1) is 6.92 Å². The highest BCUT2D eigenvalue weighted by atomic mass is 35.5. The minimum atomic E-state index is -0.125. The van der Waals surface area contributed by atoms with Crippen molar-refractivity contribution < 1.29 is 13.9 Å². The number of ketones is 1. The number of carbonyl (C=O) groups excluding carboxylic acids is 1. The number of halogens is 1. The Balaban J connectivity index is 2.38. The Morgan fingerprint density at radius 2 is 2.00 bits per heavy atom. The van der Waals surface area contributed by atoms with E-state index in [0.29, 0.717) is 22.1 Å². The van der Waals surface area contributed by atoms with Gasteiger partial charge in [0.2, 0.25) is 0 Å². The predicted molar refractivity (Wildman–Crippen MR) is 88.0 cm³/mol. The van der Waals surface area contributed by atoms with Crippen LogP contribution in [-0.2, 0) is 0 Å². The fourth-order valence-corrected chi connectivity index (χ4v) is 2.95. The van der Waals surface area contributed by atoms with Crippen LogP contribution in [0.25, 0.3) is 22.1 Å². The molecule has 1 aromatic heterocycles. The van der Waals surface area contributed by atoms with E-state index < -0.39 is 0 Å². The second kappa shape index (κ2) is 5.50. The van der Waals surface area contributed by atoms with Crippen LogP contribution in [0.15, 0.2) is 40.8 Å². The second-order valence-corrected chi connectivity index (χ2v) is 5.56. The van der Waals surface area contributed by atoms with Crippen LogP contribution < -0.4 is 4.74 Å². The molecule has 0 saturated carbocycles. The molecule has 3 nitrogen and oxygen atoms in total. The highest BCUT2D eigenvalue weighted by molar-refractivity contribution is 6.34. The van der Waals surface area contributed by atoms with Crippen molar-refractivity contribution in [3.8, 4) is 16.9 Å². The minimum absolute atomic E-state index is 0.125. The zero-order valence-electron chi connectivity index (χ0n) is 12.6. The molecule has 0 atom stereocenters. The fourth-order valence-electron chi connectivity index (χ4n) is 2.62. The first-order valence-electron chi connectivity index (χ1n) is 6.90. The largest absolute Gasteiger partial charge is 0.493 e. The summed E-state index contributed by atoms with van der Waals surface area (Å²) < 4.78 is 11.0. The molecular formula is C18H15ClO3. The van der Waals surface area contributed by atoms with Gasteiger partial charge in [0.1, 0.15) is 0 Å². The molecule has 0 spiro atoms. The number of ether oxygens (including phenoxy) is 1. The lowest BCUT2D eigenvalue weighted by Gasteiger charge is -2.10. The number of hydrogen-bond acceptors (Lipinski definition) is 3. The molecular weight excluding hydrogens is 300 g/mol. The molecule has 0 fully saturated rings. The maximum Gasteiger partial charge on any atom is 0.194 e. The standard InChI is InChI=1S/C18H15ClO3/c1-10-5-4-6-14(19)17(10)12-7-8-15(21-3)18-13(12)9-16(22-18)11(2)20/h4-9H,1-3H3. The summed E-state index contributed by atoms with van der Waals surface area (Å²) in [5.74, 6) is 0.779. The van der Waals surface area contributed by atoms with Crippen molar-refractivity contribution in [3.05, 3.63) is 52.7 Å². The first-order chi connectivity index (χ1) is 10.5. The fraction of sp³-hybridized carbons (Fsp3) is 0.167. The molecule has 0 amide bonds. The smallest absolute Gasteiger partial charge is 0.194 e. The van der Waals surface area contributed by atoms with Crippen molar-refractivity contribution in [2.75, 3.05) is 7.11 Å². The second-order valence-electron chi connectivity index (χ2n) is 5.16. The number of carbonyl (C=O) groups is 1. The molecule has 3 rings (SSSR count). The quantitative estimate of drug-likeness (QED) is 0.618. The average molecular weight is 315 g/mol. The van der Waals surface area contributed by atoms with Gasteiger partial charge in [-0.1, -0.05) is 23.7 Å². The molecule has 0 aliphatic heterocycles. The molecule has 0 radical (unpaired) electrons. The maximum absolute atomic E-state index is 11.6. The van der Waals surface area contributed by atoms with Crippen LogP contribution >= 0.6 is 11.6 Å². The van der Waals surface area contributed by atoms with E-state index in [4.69, 9.17) is 20.8 Å². The molecule has 2 aromatic carbocycles. The number of furan rings is 1. The summed E-state index contributed by atoms with van der Waals surface area (Å²) in [5, 5.41) is 1.48. The van der Waals surface area contributed by atoms with Gasteiger partial charge in [0, 0.05) is 22.9 Å². The van der Waals surface area contributed by atoms with Crippen molar-refractivity contribution in [3.63, 3.8) is 0 Å². The van der Waals surface area contributed by atoms with Crippen molar-refractivity contribution in [1.29, 1.82) is 0 Å². The average Bonchev–Trinajstić information content (AvgIpc) is 2.92. The molecule has 0 bridgehead atoms. The zero-order valence-corrected chi connectivity index (χ0v) is 13.3. The minimum Gasteiger partial charge on any atom is -0.493 e. The van der Waals surface area contributed by atoms with Crippen LogP contribution in [-0.4, -0.2) is 12.9 Å². The monoisotopic (exact) mass is 314 g/mol. The summed E-state index contributed by atoms with van der Waals surface area (Å²) in [6.07, 6.45) is 0. The van der Waals surface area contributed by atoms with Crippen molar-refractivity contribution >= 4 is 28.4 Å². The highest BCUT2D eigenvalue weighted by Crippen LogP contribution is 2.40. The third-order valence-electron chi connectivity index (χ3n) is 3.71. The number of hydrogen-bond donors (Lipinski definition) is 0. The number of fused-ring (bicyclic) bond motifs is 1. The Bertz CT molecular complexity index is 857. The van der Waals surface area contributed by atoms with E-state index in [1.807, 2.05) is 37.3 Å². The summed E-state index contributed by atoms with van der Waals surface area (Å²) in [7, 11) is 1.57. The molecule has 1 heterocycles. The van der Waals surface area contributed by atoms with Crippen LogP contribution in [0.5, 0.6) is 5.75 Å². The molecule has 0 saturated heterocycles. The number of rotatable bonds is 3. The Kier molecular flexibility index (Phi) is 3.67. The first-order valence-corrected chi connectivity index (χ1v) is 7.27. The number of methoxy groups -OCH3 is 1. The molecule has 112 valence electrons. The Morgan fingerprint density at radius 1 is 1.23 bits per heavy atom. The number of Topliss-reactive ketones (excluding diaryl/α,β-unsaturated/α-hetero) is 1. The van der Waals surface area contributed by atoms with E-state index in [0.717, 1.165) is 22.1 Å². The van der Waals surface area contributed by atoms with E-state index in [1.54, 1.807) is 13.2 Å². The summed E-state index contributed by atoms with van der Waals surface area (Å²) in [5.41, 5.74) is 3.48. The normalized spacial score (nSPS) is 10.9. The van der Waals surface area contributed by atoms with Crippen molar-refractivity contribution in [1.82, 2.24) is 0 Å². The molecule has 0 N–H and O–H groups in total. The van der Waals surface area contributed by atoms with Crippen LogP contribution in [0.3, 0.4) is 0 Å². The molecule has 0 unspecified atom stereocenters. The van der Waals surface area contributed by atoms with Crippen LogP contribution in [0.2, 0.25) is 5.02 Å². The molecule has 0 aliphatic rings. The van der Waals surface area contributed by atoms with Gasteiger partial charge in [0.25, 0.3) is 0 Å². The predicted octanol–water partition coefficient (Wildman–Crippen LogP) is 5.27. The lowest BCUT2D eigenvalue weighted by molar-refractivity contribution is 0.0989. The van der Waals surface area contributed by atoms with Gasteiger partial charge < -0.3 is 9.15 Å². The maximum atomic E-state index is 11.6.